The quantitative estimate of drug-likeness (QED) is 0.783. The number of carbonyl (C=O) groups excluding carboxylic acids is 1. The van der Waals surface area contributed by atoms with E-state index in [1.54, 1.807) is 13.2 Å². The van der Waals surface area contributed by atoms with Gasteiger partial charge in [-0.05, 0) is 18.2 Å². The van der Waals surface area contributed by atoms with E-state index < -0.39 is 0 Å². The number of aldehydes is 1. The Labute approximate surface area is 113 Å². The Morgan fingerprint density at radius 1 is 1.39 bits per heavy atom. The summed E-state index contributed by atoms with van der Waals surface area (Å²) in [6.45, 7) is 4.20. The molecule has 1 aromatic carbocycles. The maximum absolute atomic E-state index is 10.8. The van der Waals surface area contributed by atoms with Crippen molar-refractivity contribution in [3.63, 3.8) is 0 Å². The summed E-state index contributed by atoms with van der Waals surface area (Å²) in [5, 5.41) is 0. The number of hydrogen-bond donors (Lipinski definition) is 0. The highest BCUT2D eigenvalue weighted by Gasteiger charge is 2.13. The minimum Gasteiger partial charge on any atom is -0.496 e. The number of benzene rings is 1. The van der Waals surface area contributed by atoms with Crippen LogP contribution in [-0.2, 0) is 11.3 Å². The predicted molar refractivity (Wildman–Crippen MR) is 71.7 cm³/mol. The highest BCUT2D eigenvalue weighted by molar-refractivity contribution is 5.85. The zero-order valence-corrected chi connectivity index (χ0v) is 11.2. The summed E-state index contributed by atoms with van der Waals surface area (Å²) >= 11 is 0. The monoisotopic (exact) mass is 271 g/mol. The first-order chi connectivity index (χ1) is 8.33. The molecule has 5 heteroatoms. The molecule has 1 heterocycles. The second-order valence-electron chi connectivity index (χ2n) is 4.08. The van der Waals surface area contributed by atoms with Crippen molar-refractivity contribution in [1.82, 2.24) is 4.90 Å². The number of methoxy groups -OCH3 is 1. The Morgan fingerprint density at radius 2 is 2.11 bits per heavy atom. The zero-order chi connectivity index (χ0) is 12.1. The summed E-state index contributed by atoms with van der Waals surface area (Å²) in [7, 11) is 1.65. The molecule has 0 aromatic heterocycles. The molecule has 1 aliphatic heterocycles. The van der Waals surface area contributed by atoms with Gasteiger partial charge in [0.25, 0.3) is 0 Å². The van der Waals surface area contributed by atoms with Crippen LogP contribution in [0.15, 0.2) is 18.2 Å². The summed E-state index contributed by atoms with van der Waals surface area (Å²) in [4.78, 5) is 13.1. The van der Waals surface area contributed by atoms with Gasteiger partial charge in [0.1, 0.15) is 12.0 Å². The van der Waals surface area contributed by atoms with E-state index in [9.17, 15) is 4.79 Å². The van der Waals surface area contributed by atoms with E-state index in [0.29, 0.717) is 5.56 Å². The summed E-state index contributed by atoms with van der Waals surface area (Å²) in [5.41, 5.74) is 1.74. The van der Waals surface area contributed by atoms with Gasteiger partial charge < -0.3 is 9.47 Å². The minimum absolute atomic E-state index is 0. The molecule has 1 aliphatic rings. The van der Waals surface area contributed by atoms with Crippen LogP contribution in [0.4, 0.5) is 0 Å². The number of morpholine rings is 1. The molecule has 2 rings (SSSR count). The summed E-state index contributed by atoms with van der Waals surface area (Å²) in [5.74, 6) is 0.835. The lowest BCUT2D eigenvalue weighted by Crippen LogP contribution is -2.35. The van der Waals surface area contributed by atoms with Gasteiger partial charge in [0.15, 0.2) is 0 Å². The van der Waals surface area contributed by atoms with Crippen LogP contribution in [0.2, 0.25) is 0 Å². The molecule has 1 saturated heterocycles. The molecule has 100 valence electrons. The van der Waals surface area contributed by atoms with Crippen molar-refractivity contribution >= 4 is 18.7 Å². The van der Waals surface area contributed by atoms with Gasteiger partial charge >= 0.3 is 0 Å². The van der Waals surface area contributed by atoms with Crippen molar-refractivity contribution in [3.05, 3.63) is 29.3 Å². The Hall–Kier alpha value is -1.10. The summed E-state index contributed by atoms with van der Waals surface area (Å²) in [6, 6.07) is 5.51. The number of nitrogens with zero attached hydrogens (tertiary/aromatic N) is 1. The molecule has 0 atom stereocenters. The molecular formula is C13H18ClNO3. The van der Waals surface area contributed by atoms with Crippen LogP contribution in [-0.4, -0.2) is 44.6 Å². The number of rotatable bonds is 4. The van der Waals surface area contributed by atoms with Gasteiger partial charge in [-0.3, -0.25) is 9.69 Å². The van der Waals surface area contributed by atoms with E-state index >= 15 is 0 Å². The second kappa shape index (κ2) is 7.36. The van der Waals surface area contributed by atoms with E-state index in [4.69, 9.17) is 9.47 Å². The van der Waals surface area contributed by atoms with Crippen LogP contribution in [0.25, 0.3) is 0 Å². The van der Waals surface area contributed by atoms with Crippen LogP contribution < -0.4 is 4.74 Å². The standard InChI is InChI=1S/C13H17NO3.ClH/c1-16-13-3-2-11(10-15)8-12(13)9-14-4-6-17-7-5-14;/h2-3,8,10H,4-7,9H2,1H3;1H. The van der Waals surface area contributed by atoms with E-state index in [1.807, 2.05) is 12.1 Å². The third kappa shape index (κ3) is 3.70. The molecule has 0 aliphatic carbocycles. The molecular weight excluding hydrogens is 254 g/mol. The van der Waals surface area contributed by atoms with Crippen LogP contribution in [0, 0.1) is 0 Å². The smallest absolute Gasteiger partial charge is 0.150 e. The Kier molecular flexibility index (Phi) is 6.12. The number of halogens is 1. The van der Waals surface area contributed by atoms with Crippen LogP contribution >= 0.6 is 12.4 Å². The lowest BCUT2D eigenvalue weighted by molar-refractivity contribution is 0.0339. The number of carbonyl (C=O) groups is 1. The highest BCUT2D eigenvalue weighted by atomic mass is 35.5. The first kappa shape index (κ1) is 15.0. The van der Waals surface area contributed by atoms with Gasteiger partial charge in [-0.15, -0.1) is 12.4 Å². The molecule has 0 N–H and O–H groups in total. The fraction of sp³-hybridized carbons (Fsp3) is 0.462. The van der Waals surface area contributed by atoms with E-state index in [2.05, 4.69) is 4.90 Å². The Balaban J connectivity index is 0.00000162. The maximum atomic E-state index is 10.8. The maximum Gasteiger partial charge on any atom is 0.150 e. The molecule has 0 bridgehead atoms. The summed E-state index contributed by atoms with van der Waals surface area (Å²) in [6.07, 6.45) is 0.863. The van der Waals surface area contributed by atoms with Crippen molar-refractivity contribution in [2.45, 2.75) is 6.54 Å². The molecule has 18 heavy (non-hydrogen) atoms. The van der Waals surface area contributed by atoms with Crippen LogP contribution in [0.3, 0.4) is 0 Å². The zero-order valence-electron chi connectivity index (χ0n) is 10.4. The van der Waals surface area contributed by atoms with E-state index in [1.165, 1.54) is 0 Å². The van der Waals surface area contributed by atoms with Crippen molar-refractivity contribution in [2.75, 3.05) is 33.4 Å². The van der Waals surface area contributed by atoms with E-state index in [0.717, 1.165) is 50.4 Å². The Bertz CT molecular complexity index is 392. The number of hydrogen-bond acceptors (Lipinski definition) is 4. The van der Waals surface area contributed by atoms with Crippen molar-refractivity contribution in [1.29, 1.82) is 0 Å². The molecule has 0 unspecified atom stereocenters. The average Bonchev–Trinajstić information content (AvgIpc) is 2.40. The van der Waals surface area contributed by atoms with E-state index in [-0.39, 0.29) is 12.4 Å². The minimum atomic E-state index is 0. The molecule has 1 fully saturated rings. The average molecular weight is 272 g/mol. The first-order valence-corrected chi connectivity index (χ1v) is 5.75. The van der Waals surface area contributed by atoms with Gasteiger partial charge in [0.05, 0.1) is 20.3 Å². The molecule has 4 nitrogen and oxygen atoms in total. The third-order valence-corrected chi connectivity index (χ3v) is 2.94. The van der Waals surface area contributed by atoms with Gasteiger partial charge in [0, 0.05) is 30.8 Å². The third-order valence-electron chi connectivity index (χ3n) is 2.94. The molecule has 1 aromatic rings. The fourth-order valence-electron chi connectivity index (χ4n) is 2.00. The first-order valence-electron chi connectivity index (χ1n) is 5.75. The van der Waals surface area contributed by atoms with Crippen molar-refractivity contribution < 1.29 is 14.3 Å². The molecule has 0 radical (unpaired) electrons. The lowest BCUT2D eigenvalue weighted by Gasteiger charge is -2.27. The fourth-order valence-corrected chi connectivity index (χ4v) is 2.00. The van der Waals surface area contributed by atoms with Crippen molar-refractivity contribution in [2.24, 2.45) is 0 Å². The largest absolute Gasteiger partial charge is 0.496 e. The highest BCUT2D eigenvalue weighted by Crippen LogP contribution is 2.21. The van der Waals surface area contributed by atoms with Crippen molar-refractivity contribution in [3.8, 4) is 5.75 Å². The Morgan fingerprint density at radius 3 is 2.72 bits per heavy atom. The molecule has 0 amide bonds. The SMILES string of the molecule is COc1ccc(C=O)cc1CN1CCOCC1.Cl. The summed E-state index contributed by atoms with van der Waals surface area (Å²) < 4.78 is 10.6. The van der Waals surface area contributed by atoms with Crippen LogP contribution in [0.1, 0.15) is 15.9 Å². The lowest BCUT2D eigenvalue weighted by atomic mass is 10.1. The van der Waals surface area contributed by atoms with Gasteiger partial charge in [-0.1, -0.05) is 0 Å². The normalized spacial score (nSPS) is 15.8. The second-order valence-corrected chi connectivity index (χ2v) is 4.08. The van der Waals surface area contributed by atoms with Crippen LogP contribution in [0.5, 0.6) is 5.75 Å². The molecule has 0 saturated carbocycles. The van der Waals surface area contributed by atoms with Gasteiger partial charge in [-0.25, -0.2) is 0 Å². The molecule has 0 spiro atoms. The van der Waals surface area contributed by atoms with Gasteiger partial charge in [-0.2, -0.15) is 0 Å². The van der Waals surface area contributed by atoms with Gasteiger partial charge in [0.2, 0.25) is 0 Å². The topological polar surface area (TPSA) is 38.8 Å². The number of ether oxygens (including phenoxy) is 2. The predicted octanol–water partition coefficient (Wildman–Crippen LogP) is 1.76.